The Bertz CT molecular complexity index is 1060. The van der Waals surface area contributed by atoms with Crippen molar-refractivity contribution in [1.82, 2.24) is 10.3 Å². The van der Waals surface area contributed by atoms with Crippen LogP contribution in [0.25, 0.3) is 0 Å². The van der Waals surface area contributed by atoms with Crippen LogP contribution in [0.4, 0.5) is 11.4 Å². The number of benzene rings is 2. The summed E-state index contributed by atoms with van der Waals surface area (Å²) in [6.45, 7) is 3.71. The second kappa shape index (κ2) is 9.97. The number of pyridine rings is 1. The molecular formula is C23H23N5O2. The van der Waals surface area contributed by atoms with Crippen LogP contribution in [0.15, 0.2) is 77.9 Å². The fourth-order valence-electron chi connectivity index (χ4n) is 2.74. The van der Waals surface area contributed by atoms with Gasteiger partial charge in [-0.05, 0) is 55.0 Å². The van der Waals surface area contributed by atoms with Crippen LogP contribution in [-0.4, -0.2) is 22.8 Å². The summed E-state index contributed by atoms with van der Waals surface area (Å²) in [5, 5.41) is 8.64. The van der Waals surface area contributed by atoms with E-state index in [0.29, 0.717) is 23.8 Å². The van der Waals surface area contributed by atoms with Gasteiger partial charge in [0.2, 0.25) is 11.9 Å². The summed E-state index contributed by atoms with van der Waals surface area (Å²) < 4.78 is 0. The van der Waals surface area contributed by atoms with Gasteiger partial charge in [0.25, 0.3) is 5.91 Å². The molecule has 30 heavy (non-hydrogen) atoms. The lowest BCUT2D eigenvalue weighted by Crippen LogP contribution is -2.36. The highest BCUT2D eigenvalue weighted by atomic mass is 16.2. The summed E-state index contributed by atoms with van der Waals surface area (Å²) in [5.41, 5.74) is 3.62. The summed E-state index contributed by atoms with van der Waals surface area (Å²) in [5.74, 6) is -0.241. The minimum atomic E-state index is -0.345. The molecule has 0 aliphatic rings. The number of anilines is 2. The number of guanidine groups is 1. The first-order valence-electron chi connectivity index (χ1n) is 9.46. The average molecular weight is 401 g/mol. The van der Waals surface area contributed by atoms with Crippen molar-refractivity contribution >= 4 is 29.1 Å². The third kappa shape index (κ3) is 6.27. The third-order valence-electron chi connectivity index (χ3n) is 4.08. The lowest BCUT2D eigenvalue weighted by molar-refractivity contribution is -0.114. The Morgan fingerprint density at radius 2 is 1.70 bits per heavy atom. The first kappa shape index (κ1) is 20.7. The number of hydrogen-bond donors (Lipinski definition) is 3. The molecule has 7 nitrogen and oxygen atoms in total. The Balaban J connectivity index is 1.80. The molecule has 0 aliphatic carbocycles. The molecule has 0 atom stereocenters. The first-order valence-corrected chi connectivity index (χ1v) is 9.46. The van der Waals surface area contributed by atoms with Crippen LogP contribution in [0.1, 0.15) is 28.5 Å². The van der Waals surface area contributed by atoms with Gasteiger partial charge in [0, 0.05) is 30.1 Å². The zero-order valence-corrected chi connectivity index (χ0v) is 16.8. The number of rotatable bonds is 5. The molecule has 0 aliphatic heterocycles. The van der Waals surface area contributed by atoms with E-state index < -0.39 is 0 Å². The Labute approximate surface area is 175 Å². The molecule has 3 rings (SSSR count). The fourth-order valence-corrected chi connectivity index (χ4v) is 2.74. The predicted octanol–water partition coefficient (Wildman–Crippen LogP) is 3.75. The van der Waals surface area contributed by atoms with Crippen molar-refractivity contribution in [3.8, 4) is 0 Å². The molecule has 0 saturated heterocycles. The number of aliphatic imine (C=N–C) groups is 1. The highest BCUT2D eigenvalue weighted by molar-refractivity contribution is 6.10. The van der Waals surface area contributed by atoms with Crippen molar-refractivity contribution in [2.24, 2.45) is 4.99 Å². The van der Waals surface area contributed by atoms with Gasteiger partial charge in [-0.3, -0.25) is 19.9 Å². The molecule has 2 aromatic carbocycles. The van der Waals surface area contributed by atoms with Crippen LogP contribution in [0.2, 0.25) is 0 Å². The molecule has 3 N–H and O–H groups in total. The van der Waals surface area contributed by atoms with E-state index in [1.807, 2.05) is 49.4 Å². The van der Waals surface area contributed by atoms with Crippen molar-refractivity contribution in [3.05, 3.63) is 89.7 Å². The van der Waals surface area contributed by atoms with Gasteiger partial charge in [-0.1, -0.05) is 24.3 Å². The van der Waals surface area contributed by atoms with Gasteiger partial charge < -0.3 is 10.6 Å². The summed E-state index contributed by atoms with van der Waals surface area (Å²) in [6.07, 6.45) is 1.70. The van der Waals surface area contributed by atoms with E-state index in [-0.39, 0.29) is 11.8 Å². The molecule has 7 heteroatoms. The largest absolute Gasteiger partial charge is 0.326 e. The summed E-state index contributed by atoms with van der Waals surface area (Å²) in [4.78, 5) is 32.8. The lowest BCUT2D eigenvalue weighted by atomic mass is 10.2. The van der Waals surface area contributed by atoms with E-state index in [1.54, 1.807) is 30.5 Å². The SMILES string of the molecule is CC(=O)Nc1cccc(C(=O)NC(=NCc2ccccn2)Nc2cccc(C)c2)c1. The Hall–Kier alpha value is -4.00. The van der Waals surface area contributed by atoms with Crippen molar-refractivity contribution in [2.45, 2.75) is 20.4 Å². The molecule has 0 unspecified atom stereocenters. The number of carbonyl (C=O) groups is 2. The van der Waals surface area contributed by atoms with Crippen LogP contribution in [0, 0.1) is 6.92 Å². The first-order chi connectivity index (χ1) is 14.5. The second-order valence-corrected chi connectivity index (χ2v) is 6.70. The van der Waals surface area contributed by atoms with Crippen molar-refractivity contribution in [3.63, 3.8) is 0 Å². The minimum absolute atomic E-state index is 0.203. The number of hydrogen-bond acceptors (Lipinski definition) is 4. The maximum absolute atomic E-state index is 12.8. The molecule has 1 aromatic heterocycles. The van der Waals surface area contributed by atoms with Crippen molar-refractivity contribution in [2.75, 3.05) is 10.6 Å². The van der Waals surface area contributed by atoms with E-state index >= 15 is 0 Å². The van der Waals surface area contributed by atoms with Gasteiger partial charge in [-0.2, -0.15) is 0 Å². The lowest BCUT2D eigenvalue weighted by Gasteiger charge is -2.13. The van der Waals surface area contributed by atoms with E-state index in [4.69, 9.17) is 0 Å². The van der Waals surface area contributed by atoms with Gasteiger partial charge in [0.15, 0.2) is 0 Å². The van der Waals surface area contributed by atoms with Gasteiger partial charge in [0.1, 0.15) is 0 Å². The van der Waals surface area contributed by atoms with Gasteiger partial charge in [0.05, 0.1) is 12.2 Å². The Morgan fingerprint density at radius 3 is 2.40 bits per heavy atom. The molecule has 2 amide bonds. The van der Waals surface area contributed by atoms with Crippen molar-refractivity contribution in [1.29, 1.82) is 0 Å². The zero-order chi connectivity index (χ0) is 21.3. The smallest absolute Gasteiger partial charge is 0.258 e. The molecule has 0 bridgehead atoms. The van der Waals surface area contributed by atoms with Crippen LogP contribution >= 0.6 is 0 Å². The standard InChI is InChI=1S/C23H23N5O2/c1-16-7-5-10-19(13-16)27-23(25-15-21-9-3-4-12-24-21)28-22(30)18-8-6-11-20(14-18)26-17(2)29/h3-14H,15H2,1-2H3,(H,26,29)(H2,25,27,28,30). The normalized spacial score (nSPS) is 10.9. The third-order valence-corrected chi connectivity index (χ3v) is 4.08. The van der Waals surface area contributed by atoms with Crippen LogP contribution in [0.3, 0.4) is 0 Å². The van der Waals surface area contributed by atoms with E-state index in [0.717, 1.165) is 16.9 Å². The predicted molar refractivity (Wildman–Crippen MR) is 118 cm³/mol. The van der Waals surface area contributed by atoms with Gasteiger partial charge in [-0.25, -0.2) is 4.99 Å². The van der Waals surface area contributed by atoms with E-state index in [2.05, 4.69) is 25.9 Å². The topological polar surface area (TPSA) is 95.5 Å². The molecule has 0 spiro atoms. The second-order valence-electron chi connectivity index (χ2n) is 6.70. The zero-order valence-electron chi connectivity index (χ0n) is 16.8. The molecule has 0 radical (unpaired) electrons. The Morgan fingerprint density at radius 1 is 0.933 bits per heavy atom. The van der Waals surface area contributed by atoms with Crippen LogP contribution in [-0.2, 0) is 11.3 Å². The number of aromatic nitrogens is 1. The molecule has 152 valence electrons. The monoisotopic (exact) mass is 401 g/mol. The number of nitrogens with zero attached hydrogens (tertiary/aromatic N) is 2. The molecule has 3 aromatic rings. The Kier molecular flexibility index (Phi) is 6.89. The minimum Gasteiger partial charge on any atom is -0.326 e. The average Bonchev–Trinajstić information content (AvgIpc) is 2.72. The number of amides is 2. The number of aryl methyl sites for hydroxylation is 1. The molecule has 1 heterocycles. The number of nitrogens with one attached hydrogen (secondary N) is 3. The van der Waals surface area contributed by atoms with Crippen molar-refractivity contribution < 1.29 is 9.59 Å². The highest BCUT2D eigenvalue weighted by Crippen LogP contribution is 2.12. The quantitative estimate of drug-likeness (QED) is 0.448. The molecule has 0 saturated carbocycles. The van der Waals surface area contributed by atoms with Crippen LogP contribution in [0.5, 0.6) is 0 Å². The number of carbonyl (C=O) groups excluding carboxylic acids is 2. The fraction of sp³-hybridized carbons (Fsp3) is 0.130. The van der Waals surface area contributed by atoms with E-state index in [9.17, 15) is 9.59 Å². The highest BCUT2D eigenvalue weighted by Gasteiger charge is 2.11. The van der Waals surface area contributed by atoms with E-state index in [1.165, 1.54) is 6.92 Å². The van der Waals surface area contributed by atoms with Gasteiger partial charge >= 0.3 is 0 Å². The van der Waals surface area contributed by atoms with Crippen LogP contribution < -0.4 is 16.0 Å². The molecule has 0 fully saturated rings. The molecular weight excluding hydrogens is 378 g/mol. The summed E-state index contributed by atoms with van der Waals surface area (Å²) in [6, 6.07) is 20.1. The summed E-state index contributed by atoms with van der Waals surface area (Å²) >= 11 is 0. The maximum atomic E-state index is 12.8. The van der Waals surface area contributed by atoms with Gasteiger partial charge in [-0.15, -0.1) is 0 Å². The maximum Gasteiger partial charge on any atom is 0.258 e. The summed E-state index contributed by atoms with van der Waals surface area (Å²) in [7, 11) is 0.